The SMILES string of the molecule is CN(C)S(=O)(=O)c1ccccc1CNC(=O)Nc1ccc(C#N)cc1. The highest BCUT2D eigenvalue weighted by Gasteiger charge is 2.20. The van der Waals surface area contributed by atoms with E-state index in [-0.39, 0.29) is 11.4 Å². The van der Waals surface area contributed by atoms with Crippen LogP contribution in [0, 0.1) is 11.3 Å². The maximum Gasteiger partial charge on any atom is 0.319 e. The van der Waals surface area contributed by atoms with E-state index >= 15 is 0 Å². The van der Waals surface area contributed by atoms with Crippen molar-refractivity contribution in [2.24, 2.45) is 0 Å². The molecule has 2 rings (SSSR count). The monoisotopic (exact) mass is 358 g/mol. The number of carbonyl (C=O) groups excluding carboxylic acids is 1. The van der Waals surface area contributed by atoms with Crippen molar-refractivity contribution in [2.45, 2.75) is 11.4 Å². The highest BCUT2D eigenvalue weighted by molar-refractivity contribution is 7.89. The van der Waals surface area contributed by atoms with Gasteiger partial charge in [-0.05, 0) is 35.9 Å². The Labute approximate surface area is 146 Å². The van der Waals surface area contributed by atoms with Crippen LogP contribution in [0.2, 0.25) is 0 Å². The third-order valence-electron chi connectivity index (χ3n) is 3.44. The molecule has 0 bridgehead atoms. The van der Waals surface area contributed by atoms with E-state index in [0.29, 0.717) is 16.8 Å². The fourth-order valence-electron chi connectivity index (χ4n) is 2.08. The van der Waals surface area contributed by atoms with Crippen molar-refractivity contribution < 1.29 is 13.2 Å². The van der Waals surface area contributed by atoms with Crippen molar-refractivity contribution in [1.29, 1.82) is 5.26 Å². The number of sulfonamides is 1. The average molecular weight is 358 g/mol. The minimum absolute atomic E-state index is 0.0609. The summed E-state index contributed by atoms with van der Waals surface area (Å²) in [4.78, 5) is 12.1. The second-order valence-corrected chi connectivity index (χ2v) is 7.51. The van der Waals surface area contributed by atoms with Crippen molar-refractivity contribution in [3.8, 4) is 6.07 Å². The maximum absolute atomic E-state index is 12.3. The second kappa shape index (κ2) is 7.79. The van der Waals surface area contributed by atoms with Gasteiger partial charge in [-0.2, -0.15) is 5.26 Å². The zero-order valence-corrected chi connectivity index (χ0v) is 14.7. The molecule has 2 N–H and O–H groups in total. The Bertz CT molecular complexity index is 900. The highest BCUT2D eigenvalue weighted by atomic mass is 32.2. The van der Waals surface area contributed by atoms with E-state index < -0.39 is 16.1 Å². The van der Waals surface area contributed by atoms with Crippen LogP contribution < -0.4 is 10.6 Å². The summed E-state index contributed by atoms with van der Waals surface area (Å²) < 4.78 is 25.8. The van der Waals surface area contributed by atoms with Crippen molar-refractivity contribution in [1.82, 2.24) is 9.62 Å². The molecule has 2 amide bonds. The first kappa shape index (κ1) is 18.4. The first-order chi connectivity index (χ1) is 11.8. The smallest absolute Gasteiger partial charge is 0.319 e. The summed E-state index contributed by atoms with van der Waals surface area (Å²) >= 11 is 0. The quantitative estimate of drug-likeness (QED) is 0.854. The number of rotatable bonds is 5. The van der Waals surface area contributed by atoms with Crippen LogP contribution >= 0.6 is 0 Å². The van der Waals surface area contributed by atoms with E-state index in [9.17, 15) is 13.2 Å². The Kier molecular flexibility index (Phi) is 5.75. The largest absolute Gasteiger partial charge is 0.334 e. The molecule has 8 heteroatoms. The van der Waals surface area contributed by atoms with E-state index in [4.69, 9.17) is 5.26 Å². The number of nitrogens with zero attached hydrogens (tertiary/aromatic N) is 2. The minimum Gasteiger partial charge on any atom is -0.334 e. The van der Waals surface area contributed by atoms with Gasteiger partial charge in [0.25, 0.3) is 0 Å². The van der Waals surface area contributed by atoms with Gasteiger partial charge in [0.1, 0.15) is 0 Å². The lowest BCUT2D eigenvalue weighted by atomic mass is 10.2. The number of hydrogen-bond donors (Lipinski definition) is 2. The van der Waals surface area contributed by atoms with Crippen LogP contribution in [0.1, 0.15) is 11.1 Å². The van der Waals surface area contributed by atoms with E-state index in [1.165, 1.54) is 20.2 Å². The van der Waals surface area contributed by atoms with Gasteiger partial charge in [-0.25, -0.2) is 17.5 Å². The second-order valence-electron chi connectivity index (χ2n) is 5.39. The molecule has 0 fully saturated rings. The number of nitrogens with one attached hydrogen (secondary N) is 2. The molecule has 0 aliphatic carbocycles. The molecule has 130 valence electrons. The molecule has 0 saturated carbocycles. The number of benzene rings is 2. The lowest BCUT2D eigenvalue weighted by Crippen LogP contribution is -2.30. The Hall–Kier alpha value is -2.89. The average Bonchev–Trinajstić information content (AvgIpc) is 2.60. The summed E-state index contributed by atoms with van der Waals surface area (Å²) in [6.45, 7) is 0.0609. The fraction of sp³-hybridized carbons (Fsp3) is 0.176. The summed E-state index contributed by atoms with van der Waals surface area (Å²) in [7, 11) is -0.680. The molecule has 2 aromatic rings. The minimum atomic E-state index is -3.59. The van der Waals surface area contributed by atoms with Crippen LogP contribution in [-0.4, -0.2) is 32.8 Å². The summed E-state index contributed by atoms with van der Waals surface area (Å²) in [5.74, 6) is 0. The van der Waals surface area contributed by atoms with Crippen molar-refractivity contribution in [2.75, 3.05) is 19.4 Å². The lowest BCUT2D eigenvalue weighted by molar-refractivity contribution is 0.251. The summed E-state index contributed by atoms with van der Waals surface area (Å²) in [5, 5.41) is 14.0. The van der Waals surface area contributed by atoms with Gasteiger partial charge >= 0.3 is 6.03 Å². The van der Waals surface area contributed by atoms with Crippen LogP contribution in [0.25, 0.3) is 0 Å². The number of anilines is 1. The maximum atomic E-state index is 12.3. The molecular weight excluding hydrogens is 340 g/mol. The zero-order valence-electron chi connectivity index (χ0n) is 13.9. The molecule has 25 heavy (non-hydrogen) atoms. The topological polar surface area (TPSA) is 102 Å². The third-order valence-corrected chi connectivity index (χ3v) is 5.36. The number of hydrogen-bond acceptors (Lipinski definition) is 4. The van der Waals surface area contributed by atoms with Crippen LogP contribution in [0.15, 0.2) is 53.4 Å². The van der Waals surface area contributed by atoms with Gasteiger partial charge in [-0.3, -0.25) is 0 Å². The molecule has 0 radical (unpaired) electrons. The van der Waals surface area contributed by atoms with Gasteiger partial charge in [0.05, 0.1) is 16.5 Å². The molecule has 0 saturated heterocycles. The summed E-state index contributed by atoms with van der Waals surface area (Å²) in [6.07, 6.45) is 0. The van der Waals surface area contributed by atoms with E-state index in [1.807, 2.05) is 6.07 Å². The number of nitriles is 1. The molecule has 7 nitrogen and oxygen atoms in total. The molecule has 0 aliphatic rings. The Morgan fingerprint density at radius 1 is 1.12 bits per heavy atom. The first-order valence-corrected chi connectivity index (χ1v) is 8.84. The van der Waals surface area contributed by atoms with Gasteiger partial charge < -0.3 is 10.6 Å². The third kappa shape index (κ3) is 4.56. The van der Waals surface area contributed by atoms with Gasteiger partial charge in [0.2, 0.25) is 10.0 Å². The van der Waals surface area contributed by atoms with E-state index in [1.54, 1.807) is 42.5 Å². The standard InChI is InChI=1S/C17H18N4O3S/c1-21(2)25(23,24)16-6-4-3-5-14(16)12-19-17(22)20-15-9-7-13(11-18)8-10-15/h3-10H,12H2,1-2H3,(H2,19,20,22). The van der Waals surface area contributed by atoms with Crippen LogP contribution in [0.3, 0.4) is 0 Å². The highest BCUT2D eigenvalue weighted by Crippen LogP contribution is 2.18. The normalized spacial score (nSPS) is 11.0. The summed E-state index contributed by atoms with van der Waals surface area (Å²) in [5.41, 5.74) is 1.52. The Morgan fingerprint density at radius 2 is 1.76 bits per heavy atom. The molecule has 0 aromatic heterocycles. The Balaban J connectivity index is 2.06. The molecule has 0 atom stereocenters. The molecule has 0 spiro atoms. The van der Waals surface area contributed by atoms with Crippen molar-refractivity contribution in [3.63, 3.8) is 0 Å². The predicted molar refractivity (Wildman–Crippen MR) is 94.3 cm³/mol. The van der Waals surface area contributed by atoms with E-state index in [2.05, 4.69) is 10.6 Å². The summed E-state index contributed by atoms with van der Waals surface area (Å²) in [6, 6.07) is 14.4. The van der Waals surface area contributed by atoms with Gasteiger partial charge in [0.15, 0.2) is 0 Å². The molecular formula is C17H18N4O3S. The first-order valence-electron chi connectivity index (χ1n) is 7.40. The fourth-order valence-corrected chi connectivity index (χ4v) is 3.19. The van der Waals surface area contributed by atoms with Crippen molar-refractivity contribution in [3.05, 3.63) is 59.7 Å². The Morgan fingerprint density at radius 3 is 2.36 bits per heavy atom. The van der Waals surface area contributed by atoms with Gasteiger partial charge in [0, 0.05) is 26.3 Å². The predicted octanol–water partition coefficient (Wildman–Crippen LogP) is 2.13. The number of urea groups is 1. The van der Waals surface area contributed by atoms with Crippen LogP contribution in [0.4, 0.5) is 10.5 Å². The van der Waals surface area contributed by atoms with Gasteiger partial charge in [-0.1, -0.05) is 18.2 Å². The number of amides is 2. The van der Waals surface area contributed by atoms with Crippen molar-refractivity contribution >= 4 is 21.7 Å². The lowest BCUT2D eigenvalue weighted by Gasteiger charge is -2.15. The molecule has 2 aromatic carbocycles. The number of carbonyl (C=O) groups is 1. The van der Waals surface area contributed by atoms with Crippen LogP contribution in [-0.2, 0) is 16.6 Å². The zero-order chi connectivity index (χ0) is 18.4. The van der Waals surface area contributed by atoms with E-state index in [0.717, 1.165) is 4.31 Å². The molecule has 0 unspecified atom stereocenters. The molecule has 0 aliphatic heterocycles. The van der Waals surface area contributed by atoms with Crippen LogP contribution in [0.5, 0.6) is 0 Å². The molecule has 0 heterocycles. The van der Waals surface area contributed by atoms with Gasteiger partial charge in [-0.15, -0.1) is 0 Å².